The van der Waals surface area contributed by atoms with Crippen molar-refractivity contribution in [1.82, 2.24) is 0 Å². The van der Waals surface area contributed by atoms with Crippen LogP contribution in [0.2, 0.25) is 10.0 Å². The highest BCUT2D eigenvalue weighted by molar-refractivity contribution is 7.92. The lowest BCUT2D eigenvalue weighted by atomic mass is 10.1. The molecule has 8 heteroatoms. The number of aryl methyl sites for hydroxylation is 2. The lowest BCUT2D eigenvalue weighted by Gasteiger charge is -2.29. The summed E-state index contributed by atoms with van der Waals surface area (Å²) in [4.78, 5) is 12.7. The number of benzene rings is 2. The summed E-state index contributed by atoms with van der Waals surface area (Å²) in [5.41, 5.74) is 2.43. The van der Waals surface area contributed by atoms with Gasteiger partial charge < -0.3 is 5.32 Å². The molecule has 2 aromatic carbocycles. The number of nitrogens with zero attached hydrogens (tertiary/aromatic N) is 1. The number of amides is 1. The predicted molar refractivity (Wildman–Crippen MR) is 108 cm³/mol. The van der Waals surface area contributed by atoms with Gasteiger partial charge in [0.05, 0.1) is 22.7 Å². The molecule has 0 aliphatic heterocycles. The number of rotatable bonds is 5. The summed E-state index contributed by atoms with van der Waals surface area (Å²) in [6, 6.07) is 9.13. The Balaban J connectivity index is 2.41. The molecule has 0 spiro atoms. The largest absolute Gasteiger partial charge is 0.323 e. The molecule has 140 valence electrons. The third kappa shape index (κ3) is 4.69. The molecule has 5 nitrogen and oxygen atoms in total. The standard InChI is InChI=1S/C18H20Cl2N2O3S/c1-11-5-6-12(2)17(9-11)22(26(4,24)25)13(3)18(23)21-16-10-14(19)7-8-15(16)20/h5-10,13H,1-4H3,(H,21,23)/t13-/m0/s1. The zero-order valence-corrected chi connectivity index (χ0v) is 17.2. The molecular weight excluding hydrogens is 395 g/mol. The highest BCUT2D eigenvalue weighted by atomic mass is 35.5. The average Bonchev–Trinajstić information content (AvgIpc) is 2.53. The van der Waals surface area contributed by atoms with Crippen molar-refractivity contribution in [3.05, 3.63) is 57.6 Å². The normalized spacial score (nSPS) is 12.5. The van der Waals surface area contributed by atoms with Crippen molar-refractivity contribution in [3.63, 3.8) is 0 Å². The van der Waals surface area contributed by atoms with Gasteiger partial charge in [-0.2, -0.15) is 0 Å². The van der Waals surface area contributed by atoms with E-state index in [1.807, 2.05) is 19.1 Å². The number of halogens is 2. The molecule has 0 heterocycles. The Kier molecular flexibility index (Phi) is 6.21. The zero-order chi connectivity index (χ0) is 19.6. The first-order valence-electron chi connectivity index (χ1n) is 7.83. The van der Waals surface area contributed by atoms with Crippen molar-refractivity contribution >= 4 is 50.5 Å². The topological polar surface area (TPSA) is 66.5 Å². The minimum atomic E-state index is -3.70. The van der Waals surface area contributed by atoms with Gasteiger partial charge in [0, 0.05) is 5.02 Å². The van der Waals surface area contributed by atoms with Gasteiger partial charge >= 0.3 is 0 Å². The summed E-state index contributed by atoms with van der Waals surface area (Å²) in [6.07, 6.45) is 1.07. The highest BCUT2D eigenvalue weighted by Crippen LogP contribution is 2.29. The first kappa shape index (κ1) is 20.6. The summed E-state index contributed by atoms with van der Waals surface area (Å²) in [6.45, 7) is 5.18. The second-order valence-corrected chi connectivity index (χ2v) is 8.84. The molecule has 0 radical (unpaired) electrons. The molecule has 0 aliphatic rings. The van der Waals surface area contributed by atoms with Crippen molar-refractivity contribution in [2.24, 2.45) is 0 Å². The highest BCUT2D eigenvalue weighted by Gasteiger charge is 2.30. The Morgan fingerprint density at radius 3 is 2.38 bits per heavy atom. The molecule has 0 aromatic heterocycles. The summed E-state index contributed by atoms with van der Waals surface area (Å²) in [5.74, 6) is -0.513. The molecule has 0 unspecified atom stereocenters. The van der Waals surface area contributed by atoms with E-state index >= 15 is 0 Å². The zero-order valence-electron chi connectivity index (χ0n) is 14.9. The quantitative estimate of drug-likeness (QED) is 0.787. The van der Waals surface area contributed by atoms with Gasteiger partial charge in [0.15, 0.2) is 0 Å². The second kappa shape index (κ2) is 7.86. The first-order valence-corrected chi connectivity index (χ1v) is 10.4. The van der Waals surface area contributed by atoms with E-state index in [0.29, 0.717) is 21.4 Å². The number of anilines is 2. The predicted octanol–water partition coefficient (Wildman–Crippen LogP) is 4.40. The van der Waals surface area contributed by atoms with Gasteiger partial charge in [-0.05, 0) is 56.2 Å². The molecule has 1 N–H and O–H groups in total. The van der Waals surface area contributed by atoms with Crippen molar-refractivity contribution in [1.29, 1.82) is 0 Å². The third-order valence-corrected chi connectivity index (χ3v) is 5.67. The van der Waals surface area contributed by atoms with Crippen LogP contribution in [0.3, 0.4) is 0 Å². The fourth-order valence-corrected chi connectivity index (χ4v) is 4.13. The molecule has 0 bridgehead atoms. The second-order valence-electron chi connectivity index (χ2n) is 6.14. The molecule has 0 fully saturated rings. The third-order valence-electron chi connectivity index (χ3n) is 3.88. The Morgan fingerprint density at radius 2 is 1.77 bits per heavy atom. The maximum atomic E-state index is 12.7. The van der Waals surface area contributed by atoms with Crippen LogP contribution in [0.15, 0.2) is 36.4 Å². The van der Waals surface area contributed by atoms with E-state index in [-0.39, 0.29) is 0 Å². The number of nitrogens with one attached hydrogen (secondary N) is 1. The van der Waals surface area contributed by atoms with Gasteiger partial charge in [-0.3, -0.25) is 9.10 Å². The van der Waals surface area contributed by atoms with Crippen LogP contribution in [-0.4, -0.2) is 26.6 Å². The van der Waals surface area contributed by atoms with Crippen LogP contribution in [0.5, 0.6) is 0 Å². The van der Waals surface area contributed by atoms with Gasteiger partial charge in [-0.1, -0.05) is 35.3 Å². The van der Waals surface area contributed by atoms with Crippen molar-refractivity contribution in [2.45, 2.75) is 26.8 Å². The molecule has 0 aliphatic carbocycles. The van der Waals surface area contributed by atoms with Gasteiger partial charge in [0.1, 0.15) is 6.04 Å². The number of hydrogen-bond donors (Lipinski definition) is 1. The maximum Gasteiger partial charge on any atom is 0.248 e. The van der Waals surface area contributed by atoms with E-state index in [2.05, 4.69) is 5.32 Å². The van der Waals surface area contributed by atoms with E-state index in [4.69, 9.17) is 23.2 Å². The van der Waals surface area contributed by atoms with Crippen molar-refractivity contribution < 1.29 is 13.2 Å². The SMILES string of the molecule is Cc1ccc(C)c(N([C@@H](C)C(=O)Nc2cc(Cl)ccc2Cl)S(C)(=O)=O)c1. The van der Waals surface area contributed by atoms with Crippen LogP contribution in [0.25, 0.3) is 0 Å². The molecule has 0 saturated carbocycles. The van der Waals surface area contributed by atoms with Crippen LogP contribution in [0.1, 0.15) is 18.1 Å². The molecule has 1 amide bonds. The van der Waals surface area contributed by atoms with Gasteiger partial charge in [-0.15, -0.1) is 0 Å². The lowest BCUT2D eigenvalue weighted by Crippen LogP contribution is -2.45. The summed E-state index contributed by atoms with van der Waals surface area (Å²) >= 11 is 12.0. The smallest absolute Gasteiger partial charge is 0.248 e. The van der Waals surface area contributed by atoms with Crippen molar-refractivity contribution in [2.75, 3.05) is 15.9 Å². The molecular formula is C18H20Cl2N2O3S. The Hall–Kier alpha value is -1.76. The van der Waals surface area contributed by atoms with E-state index in [0.717, 1.165) is 21.7 Å². The lowest BCUT2D eigenvalue weighted by molar-refractivity contribution is -0.116. The van der Waals surface area contributed by atoms with E-state index in [1.54, 1.807) is 25.1 Å². The van der Waals surface area contributed by atoms with Gasteiger partial charge in [-0.25, -0.2) is 8.42 Å². The van der Waals surface area contributed by atoms with Crippen LogP contribution < -0.4 is 9.62 Å². The minimum Gasteiger partial charge on any atom is -0.323 e. The Labute approximate surface area is 164 Å². The van der Waals surface area contributed by atoms with Crippen LogP contribution >= 0.6 is 23.2 Å². The Morgan fingerprint density at radius 1 is 1.12 bits per heavy atom. The number of sulfonamides is 1. The molecule has 26 heavy (non-hydrogen) atoms. The van der Waals surface area contributed by atoms with Crippen LogP contribution in [0.4, 0.5) is 11.4 Å². The molecule has 2 rings (SSSR count). The summed E-state index contributed by atoms with van der Waals surface area (Å²) < 4.78 is 25.9. The maximum absolute atomic E-state index is 12.7. The number of carbonyl (C=O) groups is 1. The van der Waals surface area contributed by atoms with Gasteiger partial charge in [0.2, 0.25) is 15.9 Å². The van der Waals surface area contributed by atoms with E-state index in [9.17, 15) is 13.2 Å². The molecule has 2 aromatic rings. The number of carbonyl (C=O) groups excluding carboxylic acids is 1. The van der Waals surface area contributed by atoms with Crippen molar-refractivity contribution in [3.8, 4) is 0 Å². The average molecular weight is 415 g/mol. The monoisotopic (exact) mass is 414 g/mol. The molecule has 0 saturated heterocycles. The minimum absolute atomic E-state index is 0.313. The van der Waals surface area contributed by atoms with Crippen LogP contribution in [0, 0.1) is 13.8 Å². The van der Waals surface area contributed by atoms with E-state index in [1.165, 1.54) is 13.0 Å². The van der Waals surface area contributed by atoms with Gasteiger partial charge in [0.25, 0.3) is 0 Å². The van der Waals surface area contributed by atoms with E-state index < -0.39 is 22.0 Å². The number of hydrogen-bond acceptors (Lipinski definition) is 3. The first-order chi connectivity index (χ1) is 12.0. The fourth-order valence-electron chi connectivity index (χ4n) is 2.57. The molecule has 1 atom stereocenters. The van der Waals surface area contributed by atoms with Crippen LogP contribution in [-0.2, 0) is 14.8 Å². The fraction of sp³-hybridized carbons (Fsp3) is 0.278. The summed E-state index contributed by atoms with van der Waals surface area (Å²) in [5, 5.41) is 3.37. The Bertz CT molecular complexity index is 945. The summed E-state index contributed by atoms with van der Waals surface area (Å²) in [7, 11) is -3.70.